The van der Waals surface area contributed by atoms with Gasteiger partial charge in [-0.05, 0) is 12.8 Å². The van der Waals surface area contributed by atoms with Gasteiger partial charge in [-0.1, -0.05) is 37.9 Å². The number of aromatic nitrogens is 1. The summed E-state index contributed by atoms with van der Waals surface area (Å²) in [5, 5.41) is 6.35. The van der Waals surface area contributed by atoms with E-state index in [2.05, 4.69) is 17.2 Å². The predicted molar refractivity (Wildman–Crippen MR) is 72.3 cm³/mol. The standard InChI is InChI=1S/C12H20N2S2/c1-10(16-12-13-7-8-15-12)9-14-11-5-3-2-4-6-11/h7-8,10-11,14H,2-6,9H2,1H3. The first-order valence-electron chi connectivity index (χ1n) is 6.14. The second kappa shape index (κ2) is 6.62. The van der Waals surface area contributed by atoms with Crippen LogP contribution in [0.5, 0.6) is 0 Å². The second-order valence-electron chi connectivity index (χ2n) is 4.47. The summed E-state index contributed by atoms with van der Waals surface area (Å²) in [5.74, 6) is 0. The van der Waals surface area contributed by atoms with Gasteiger partial charge in [0.2, 0.25) is 0 Å². The molecule has 1 aromatic heterocycles. The van der Waals surface area contributed by atoms with E-state index in [4.69, 9.17) is 0 Å². The van der Waals surface area contributed by atoms with Crippen LogP contribution in [0.3, 0.4) is 0 Å². The van der Waals surface area contributed by atoms with E-state index >= 15 is 0 Å². The summed E-state index contributed by atoms with van der Waals surface area (Å²) in [5.41, 5.74) is 0. The van der Waals surface area contributed by atoms with Crippen molar-refractivity contribution in [1.82, 2.24) is 10.3 Å². The molecule has 1 unspecified atom stereocenters. The number of nitrogens with zero attached hydrogens (tertiary/aromatic N) is 1. The highest BCUT2D eigenvalue weighted by Crippen LogP contribution is 2.25. The molecular formula is C12H20N2S2. The summed E-state index contributed by atoms with van der Waals surface area (Å²) in [6.45, 7) is 3.39. The maximum Gasteiger partial charge on any atom is 0.150 e. The van der Waals surface area contributed by atoms with Gasteiger partial charge >= 0.3 is 0 Å². The molecule has 90 valence electrons. The Labute approximate surface area is 106 Å². The monoisotopic (exact) mass is 256 g/mol. The van der Waals surface area contributed by atoms with Crippen LogP contribution in [0, 0.1) is 0 Å². The van der Waals surface area contributed by atoms with Gasteiger partial charge in [0.15, 0.2) is 0 Å². The van der Waals surface area contributed by atoms with Gasteiger partial charge in [0.1, 0.15) is 4.34 Å². The van der Waals surface area contributed by atoms with Gasteiger partial charge in [0.05, 0.1) is 0 Å². The molecule has 1 fully saturated rings. The van der Waals surface area contributed by atoms with Crippen LogP contribution in [0.25, 0.3) is 0 Å². The Morgan fingerprint density at radius 1 is 1.50 bits per heavy atom. The maximum absolute atomic E-state index is 4.30. The van der Waals surface area contributed by atoms with Crippen LogP contribution in [0.2, 0.25) is 0 Å². The summed E-state index contributed by atoms with van der Waals surface area (Å²) in [4.78, 5) is 4.30. The van der Waals surface area contributed by atoms with Crippen molar-refractivity contribution in [2.75, 3.05) is 6.54 Å². The predicted octanol–water partition coefficient (Wildman–Crippen LogP) is 3.55. The molecule has 0 saturated heterocycles. The summed E-state index contributed by atoms with van der Waals surface area (Å²) < 4.78 is 1.19. The highest BCUT2D eigenvalue weighted by atomic mass is 32.2. The zero-order valence-corrected chi connectivity index (χ0v) is 11.4. The van der Waals surface area contributed by atoms with Gasteiger partial charge in [-0.25, -0.2) is 4.98 Å². The molecule has 1 aromatic rings. The Hall–Kier alpha value is -0.0600. The molecule has 2 nitrogen and oxygen atoms in total. The van der Waals surface area contributed by atoms with Crippen molar-refractivity contribution in [2.45, 2.75) is 54.7 Å². The number of nitrogens with one attached hydrogen (secondary N) is 1. The Bertz CT molecular complexity index is 281. The van der Waals surface area contributed by atoms with Crippen molar-refractivity contribution in [2.24, 2.45) is 0 Å². The number of hydrogen-bond donors (Lipinski definition) is 1. The number of rotatable bonds is 5. The molecule has 0 radical (unpaired) electrons. The average Bonchev–Trinajstić information content (AvgIpc) is 2.81. The van der Waals surface area contributed by atoms with Gasteiger partial charge in [0.25, 0.3) is 0 Å². The fourth-order valence-corrected chi connectivity index (χ4v) is 4.01. The first kappa shape index (κ1) is 12.4. The fourth-order valence-electron chi connectivity index (χ4n) is 2.12. The normalized spacial score (nSPS) is 19.8. The van der Waals surface area contributed by atoms with Crippen LogP contribution < -0.4 is 5.32 Å². The SMILES string of the molecule is CC(CNC1CCCCC1)Sc1nccs1. The molecule has 4 heteroatoms. The van der Waals surface area contributed by atoms with Gasteiger partial charge in [-0.2, -0.15) is 0 Å². The quantitative estimate of drug-likeness (QED) is 0.816. The number of hydrogen-bond acceptors (Lipinski definition) is 4. The smallest absolute Gasteiger partial charge is 0.150 e. The molecule has 1 aliphatic carbocycles. The molecule has 0 spiro atoms. The van der Waals surface area contributed by atoms with Crippen molar-refractivity contribution in [1.29, 1.82) is 0 Å². The number of thioether (sulfide) groups is 1. The third kappa shape index (κ3) is 4.07. The Morgan fingerprint density at radius 2 is 2.31 bits per heavy atom. The minimum Gasteiger partial charge on any atom is -0.313 e. The lowest BCUT2D eigenvalue weighted by atomic mass is 9.95. The van der Waals surface area contributed by atoms with E-state index in [0.29, 0.717) is 5.25 Å². The lowest BCUT2D eigenvalue weighted by molar-refractivity contribution is 0.375. The Kier molecular flexibility index (Phi) is 5.13. The average molecular weight is 256 g/mol. The lowest BCUT2D eigenvalue weighted by Crippen LogP contribution is -2.35. The Balaban J connectivity index is 1.65. The molecule has 0 amide bonds. The first-order chi connectivity index (χ1) is 7.84. The van der Waals surface area contributed by atoms with Crippen molar-refractivity contribution in [3.63, 3.8) is 0 Å². The Morgan fingerprint density at radius 3 is 3.00 bits per heavy atom. The molecular weight excluding hydrogens is 236 g/mol. The molecule has 0 bridgehead atoms. The van der Waals surface area contributed by atoms with Gasteiger partial charge in [-0.15, -0.1) is 11.3 Å². The van der Waals surface area contributed by atoms with Crippen LogP contribution in [0.1, 0.15) is 39.0 Å². The van der Waals surface area contributed by atoms with Crippen molar-refractivity contribution >= 4 is 23.1 Å². The van der Waals surface area contributed by atoms with E-state index in [1.807, 2.05) is 23.3 Å². The summed E-state index contributed by atoms with van der Waals surface area (Å²) in [7, 11) is 0. The van der Waals surface area contributed by atoms with Gasteiger partial charge < -0.3 is 5.32 Å². The zero-order valence-electron chi connectivity index (χ0n) is 9.82. The third-order valence-corrected chi connectivity index (χ3v) is 5.03. The first-order valence-corrected chi connectivity index (χ1v) is 7.90. The molecule has 0 aromatic carbocycles. The third-order valence-electron chi connectivity index (χ3n) is 3.01. The van der Waals surface area contributed by atoms with Crippen molar-refractivity contribution < 1.29 is 0 Å². The van der Waals surface area contributed by atoms with E-state index < -0.39 is 0 Å². The lowest BCUT2D eigenvalue weighted by Gasteiger charge is -2.24. The van der Waals surface area contributed by atoms with E-state index in [9.17, 15) is 0 Å². The molecule has 16 heavy (non-hydrogen) atoms. The van der Waals surface area contributed by atoms with E-state index in [1.165, 1.54) is 36.4 Å². The summed E-state index contributed by atoms with van der Waals surface area (Å²) >= 11 is 3.62. The van der Waals surface area contributed by atoms with Crippen molar-refractivity contribution in [3.05, 3.63) is 11.6 Å². The van der Waals surface area contributed by atoms with E-state index in [-0.39, 0.29) is 0 Å². The minimum absolute atomic E-state index is 0.619. The molecule has 1 saturated carbocycles. The molecule has 1 heterocycles. The van der Waals surface area contributed by atoms with E-state index in [1.54, 1.807) is 11.3 Å². The molecule has 1 N–H and O–H groups in total. The topological polar surface area (TPSA) is 24.9 Å². The van der Waals surface area contributed by atoms with Crippen LogP contribution >= 0.6 is 23.1 Å². The molecule has 1 atom stereocenters. The van der Waals surface area contributed by atoms with Crippen LogP contribution in [0.15, 0.2) is 15.9 Å². The summed E-state index contributed by atoms with van der Waals surface area (Å²) in [6, 6.07) is 0.771. The molecule has 0 aliphatic heterocycles. The minimum atomic E-state index is 0.619. The van der Waals surface area contributed by atoms with Crippen molar-refractivity contribution in [3.8, 4) is 0 Å². The van der Waals surface area contributed by atoms with Gasteiger partial charge in [0, 0.05) is 29.4 Å². The largest absolute Gasteiger partial charge is 0.313 e. The second-order valence-corrected chi connectivity index (χ2v) is 7.05. The fraction of sp³-hybridized carbons (Fsp3) is 0.750. The summed E-state index contributed by atoms with van der Waals surface area (Å²) in [6.07, 6.45) is 8.87. The van der Waals surface area contributed by atoms with Crippen LogP contribution in [-0.2, 0) is 0 Å². The van der Waals surface area contributed by atoms with Crippen LogP contribution in [0.4, 0.5) is 0 Å². The number of thiazole rings is 1. The van der Waals surface area contributed by atoms with E-state index in [0.717, 1.165) is 12.6 Å². The van der Waals surface area contributed by atoms with Crippen LogP contribution in [-0.4, -0.2) is 22.8 Å². The van der Waals surface area contributed by atoms with Gasteiger partial charge in [-0.3, -0.25) is 0 Å². The zero-order chi connectivity index (χ0) is 11.2. The maximum atomic E-state index is 4.30. The highest BCUT2D eigenvalue weighted by Gasteiger charge is 2.14. The molecule has 1 aliphatic rings. The highest BCUT2D eigenvalue weighted by molar-refractivity contribution is 8.01. The molecule has 2 rings (SSSR count).